The molecule has 0 saturated carbocycles. The van der Waals surface area contributed by atoms with Gasteiger partial charge in [0.1, 0.15) is 12.1 Å². The predicted molar refractivity (Wildman–Crippen MR) is 70.3 cm³/mol. The van der Waals surface area contributed by atoms with Gasteiger partial charge in [0.25, 0.3) is 0 Å². The van der Waals surface area contributed by atoms with Gasteiger partial charge in [-0.3, -0.25) is 0 Å². The molecule has 0 unspecified atom stereocenters. The summed E-state index contributed by atoms with van der Waals surface area (Å²) in [5.74, 6) is -0.156. The molecule has 6 heteroatoms. The van der Waals surface area contributed by atoms with Crippen molar-refractivity contribution < 1.29 is 4.39 Å². The summed E-state index contributed by atoms with van der Waals surface area (Å²) in [4.78, 5) is 12.0. The lowest BCUT2D eigenvalue weighted by molar-refractivity contribution is 0.469. The van der Waals surface area contributed by atoms with Crippen molar-refractivity contribution in [2.45, 2.75) is 20.4 Å². The van der Waals surface area contributed by atoms with E-state index in [-0.39, 0.29) is 11.4 Å². The first kappa shape index (κ1) is 13.0. The van der Waals surface area contributed by atoms with E-state index in [1.54, 1.807) is 12.1 Å². The van der Waals surface area contributed by atoms with Gasteiger partial charge in [-0.15, -0.1) is 0 Å². The summed E-state index contributed by atoms with van der Waals surface area (Å²) in [5, 5.41) is 3.98. The number of aromatic nitrogens is 3. The van der Waals surface area contributed by atoms with Crippen LogP contribution in [0.4, 0.5) is 4.39 Å². The van der Waals surface area contributed by atoms with Crippen LogP contribution in [0.3, 0.4) is 0 Å². The highest BCUT2D eigenvalue weighted by Crippen LogP contribution is 2.17. The molecular weight excluding hydrogens is 301 g/mol. The fourth-order valence-electron chi connectivity index (χ4n) is 1.65. The number of benzene rings is 1. The lowest BCUT2D eigenvalue weighted by Gasteiger charge is -2.04. The van der Waals surface area contributed by atoms with Crippen molar-refractivity contribution in [1.82, 2.24) is 14.3 Å². The van der Waals surface area contributed by atoms with Crippen LogP contribution in [0.1, 0.15) is 13.8 Å². The molecule has 18 heavy (non-hydrogen) atoms. The average Bonchev–Trinajstić information content (AvgIpc) is 2.60. The van der Waals surface area contributed by atoms with Crippen LogP contribution in [0.15, 0.2) is 33.8 Å². The SMILES string of the molecule is CC(C)Cn1ncn(-c2ccc(Br)cc2F)c1=O. The summed E-state index contributed by atoms with van der Waals surface area (Å²) >= 11 is 3.18. The molecule has 2 aromatic rings. The first-order valence-electron chi connectivity index (χ1n) is 5.59. The van der Waals surface area contributed by atoms with Gasteiger partial charge in [-0.05, 0) is 24.1 Å². The average molecular weight is 314 g/mol. The first-order valence-corrected chi connectivity index (χ1v) is 6.38. The number of rotatable bonds is 3. The topological polar surface area (TPSA) is 39.8 Å². The molecule has 0 aliphatic rings. The van der Waals surface area contributed by atoms with E-state index >= 15 is 0 Å². The summed E-state index contributed by atoms with van der Waals surface area (Å²) in [6, 6.07) is 4.55. The van der Waals surface area contributed by atoms with E-state index in [0.717, 1.165) is 0 Å². The Morgan fingerprint density at radius 1 is 1.44 bits per heavy atom. The van der Waals surface area contributed by atoms with Crippen LogP contribution >= 0.6 is 15.9 Å². The standard InChI is InChI=1S/C12H13BrFN3O/c1-8(2)6-17-12(18)16(7-15-17)11-4-3-9(13)5-10(11)14/h3-5,7-8H,6H2,1-2H3. The second-order valence-electron chi connectivity index (χ2n) is 4.46. The fourth-order valence-corrected chi connectivity index (χ4v) is 1.98. The smallest absolute Gasteiger partial charge is 0.247 e. The number of hydrogen-bond acceptors (Lipinski definition) is 2. The molecule has 2 rings (SSSR count). The van der Waals surface area contributed by atoms with Crippen LogP contribution < -0.4 is 5.69 Å². The van der Waals surface area contributed by atoms with Gasteiger partial charge in [0, 0.05) is 11.0 Å². The molecule has 0 radical (unpaired) electrons. The summed E-state index contributed by atoms with van der Waals surface area (Å²) in [5.41, 5.74) is -0.122. The van der Waals surface area contributed by atoms with E-state index in [4.69, 9.17) is 0 Å². The largest absolute Gasteiger partial charge is 0.350 e. The second kappa shape index (κ2) is 5.06. The quantitative estimate of drug-likeness (QED) is 0.873. The highest BCUT2D eigenvalue weighted by molar-refractivity contribution is 9.10. The third-order valence-corrected chi connectivity index (χ3v) is 2.93. The van der Waals surface area contributed by atoms with Crippen LogP contribution in [0.25, 0.3) is 5.69 Å². The number of nitrogens with zero attached hydrogens (tertiary/aromatic N) is 3. The maximum atomic E-state index is 13.8. The van der Waals surface area contributed by atoms with Gasteiger partial charge >= 0.3 is 5.69 Å². The Labute approximate surface area is 112 Å². The van der Waals surface area contributed by atoms with E-state index in [1.807, 2.05) is 13.8 Å². The monoisotopic (exact) mass is 313 g/mol. The van der Waals surface area contributed by atoms with Gasteiger partial charge in [0.05, 0.1) is 5.69 Å². The van der Waals surface area contributed by atoms with Crippen molar-refractivity contribution >= 4 is 15.9 Å². The maximum Gasteiger partial charge on any atom is 0.350 e. The minimum absolute atomic E-state index is 0.207. The Balaban J connectivity index is 2.46. The molecule has 0 aliphatic carbocycles. The molecule has 0 atom stereocenters. The van der Waals surface area contributed by atoms with Crippen LogP contribution in [-0.4, -0.2) is 14.3 Å². The van der Waals surface area contributed by atoms with E-state index in [2.05, 4.69) is 21.0 Å². The highest BCUT2D eigenvalue weighted by Gasteiger charge is 2.11. The zero-order chi connectivity index (χ0) is 13.3. The zero-order valence-corrected chi connectivity index (χ0v) is 11.7. The molecular formula is C12H13BrFN3O. The number of halogens is 2. The molecule has 0 saturated heterocycles. The minimum atomic E-state index is -0.462. The minimum Gasteiger partial charge on any atom is -0.247 e. The highest BCUT2D eigenvalue weighted by atomic mass is 79.9. The summed E-state index contributed by atoms with van der Waals surface area (Å²) < 4.78 is 16.9. The van der Waals surface area contributed by atoms with Crippen molar-refractivity contribution in [2.75, 3.05) is 0 Å². The van der Waals surface area contributed by atoms with Crippen LogP contribution in [0.2, 0.25) is 0 Å². The van der Waals surface area contributed by atoms with Crippen molar-refractivity contribution in [3.05, 3.63) is 45.3 Å². The molecule has 1 aromatic carbocycles. The molecule has 0 fully saturated rings. The molecule has 0 bridgehead atoms. The summed E-state index contributed by atoms with van der Waals surface area (Å²) in [6.45, 7) is 4.50. The molecule has 0 aliphatic heterocycles. The normalized spacial score (nSPS) is 11.2. The molecule has 96 valence electrons. The van der Waals surface area contributed by atoms with Gasteiger partial charge in [-0.1, -0.05) is 29.8 Å². The van der Waals surface area contributed by atoms with E-state index in [9.17, 15) is 9.18 Å². The first-order chi connectivity index (χ1) is 8.49. The Morgan fingerprint density at radius 3 is 2.78 bits per heavy atom. The predicted octanol–water partition coefficient (Wildman–Crippen LogP) is 2.59. The van der Waals surface area contributed by atoms with Gasteiger partial charge in [0.2, 0.25) is 0 Å². The van der Waals surface area contributed by atoms with Crippen LogP contribution in [0.5, 0.6) is 0 Å². The van der Waals surface area contributed by atoms with E-state index in [1.165, 1.54) is 21.6 Å². The Hall–Kier alpha value is -1.43. The van der Waals surface area contributed by atoms with Crippen LogP contribution in [-0.2, 0) is 6.54 Å². The lowest BCUT2D eigenvalue weighted by Crippen LogP contribution is -2.26. The van der Waals surface area contributed by atoms with Gasteiger partial charge < -0.3 is 0 Å². The third kappa shape index (κ3) is 2.53. The summed E-state index contributed by atoms with van der Waals surface area (Å²) in [6.07, 6.45) is 1.34. The van der Waals surface area contributed by atoms with E-state index in [0.29, 0.717) is 16.9 Å². The molecule has 1 aromatic heterocycles. The molecule has 1 heterocycles. The zero-order valence-electron chi connectivity index (χ0n) is 10.1. The second-order valence-corrected chi connectivity index (χ2v) is 5.37. The number of hydrogen-bond donors (Lipinski definition) is 0. The van der Waals surface area contributed by atoms with Gasteiger partial charge in [-0.25, -0.2) is 18.4 Å². The summed E-state index contributed by atoms with van der Waals surface area (Å²) in [7, 11) is 0. The molecule has 0 amide bonds. The van der Waals surface area contributed by atoms with Gasteiger partial charge in [-0.2, -0.15) is 5.10 Å². The molecule has 0 N–H and O–H groups in total. The van der Waals surface area contributed by atoms with E-state index < -0.39 is 5.82 Å². The Bertz CT molecular complexity index is 618. The van der Waals surface area contributed by atoms with Crippen molar-refractivity contribution in [3.8, 4) is 5.69 Å². The Morgan fingerprint density at radius 2 is 2.17 bits per heavy atom. The van der Waals surface area contributed by atoms with Crippen molar-refractivity contribution in [1.29, 1.82) is 0 Å². The third-order valence-electron chi connectivity index (χ3n) is 2.44. The molecule has 4 nitrogen and oxygen atoms in total. The Kier molecular flexibility index (Phi) is 3.65. The fraction of sp³-hybridized carbons (Fsp3) is 0.333. The molecule has 0 spiro atoms. The van der Waals surface area contributed by atoms with Gasteiger partial charge in [0.15, 0.2) is 0 Å². The van der Waals surface area contributed by atoms with Crippen molar-refractivity contribution in [3.63, 3.8) is 0 Å². The van der Waals surface area contributed by atoms with Crippen molar-refractivity contribution in [2.24, 2.45) is 5.92 Å². The maximum absolute atomic E-state index is 13.8. The van der Waals surface area contributed by atoms with Crippen LogP contribution in [0, 0.1) is 11.7 Å². The lowest BCUT2D eigenvalue weighted by atomic mass is 10.2.